The van der Waals surface area contributed by atoms with Gasteiger partial charge in [-0.1, -0.05) is 20.4 Å². The molecule has 0 spiro atoms. The number of hydrogen-bond acceptors (Lipinski definition) is 5. The zero-order chi connectivity index (χ0) is 18.1. The first kappa shape index (κ1) is 22.0. The second-order valence-corrected chi connectivity index (χ2v) is 8.33. The quantitative estimate of drug-likeness (QED) is 0.189. The monoisotopic (exact) mass is 346 g/mol. The van der Waals surface area contributed by atoms with Crippen molar-refractivity contribution in [2.45, 2.75) is 39.6 Å². The fourth-order valence-electron chi connectivity index (χ4n) is 2.49. The first-order valence-corrected chi connectivity index (χ1v) is 8.96. The SMILES string of the molecule is C=CC(=O)OCCSC(CC(C)(C)C[N+](C)(C)CC)OC(C)=O. The van der Waals surface area contributed by atoms with Crippen molar-refractivity contribution in [3.8, 4) is 0 Å². The highest BCUT2D eigenvalue weighted by atomic mass is 32.2. The van der Waals surface area contributed by atoms with Gasteiger partial charge in [-0.25, -0.2) is 4.79 Å². The fourth-order valence-corrected chi connectivity index (χ4v) is 3.70. The number of quaternary nitrogens is 1. The summed E-state index contributed by atoms with van der Waals surface area (Å²) in [6.07, 6.45) is 1.90. The van der Waals surface area contributed by atoms with Crippen LogP contribution in [-0.4, -0.2) is 61.4 Å². The molecule has 0 rings (SSSR count). The van der Waals surface area contributed by atoms with E-state index < -0.39 is 5.97 Å². The summed E-state index contributed by atoms with van der Waals surface area (Å²) in [5.74, 6) is -0.137. The molecular weight excluding hydrogens is 314 g/mol. The molecule has 1 atom stereocenters. The Morgan fingerprint density at radius 3 is 2.43 bits per heavy atom. The Hall–Kier alpha value is -1.01. The Kier molecular flexibility index (Phi) is 9.54. The average molecular weight is 347 g/mol. The van der Waals surface area contributed by atoms with E-state index in [9.17, 15) is 9.59 Å². The number of hydrogen-bond donors (Lipinski definition) is 0. The van der Waals surface area contributed by atoms with E-state index >= 15 is 0 Å². The molecule has 0 amide bonds. The molecule has 0 aromatic carbocycles. The topological polar surface area (TPSA) is 52.6 Å². The number of thioether (sulfide) groups is 1. The van der Waals surface area contributed by atoms with Crippen molar-refractivity contribution in [2.75, 3.05) is 39.5 Å². The molecule has 0 aliphatic rings. The number of esters is 2. The minimum absolute atomic E-state index is 0.0322. The molecule has 0 aromatic rings. The van der Waals surface area contributed by atoms with Crippen molar-refractivity contribution >= 4 is 23.7 Å². The van der Waals surface area contributed by atoms with E-state index in [0.717, 1.165) is 30.1 Å². The lowest BCUT2D eigenvalue weighted by Gasteiger charge is -2.38. The maximum Gasteiger partial charge on any atom is 0.330 e. The normalized spacial score (nSPS) is 13.3. The van der Waals surface area contributed by atoms with E-state index in [4.69, 9.17) is 9.47 Å². The largest absolute Gasteiger partial charge is 0.462 e. The maximum absolute atomic E-state index is 11.3. The summed E-state index contributed by atoms with van der Waals surface area (Å²) in [7, 11) is 4.40. The molecule has 0 saturated carbocycles. The number of ether oxygens (including phenoxy) is 2. The van der Waals surface area contributed by atoms with E-state index in [0.29, 0.717) is 5.75 Å². The van der Waals surface area contributed by atoms with Gasteiger partial charge in [-0.3, -0.25) is 4.79 Å². The highest BCUT2D eigenvalue weighted by molar-refractivity contribution is 7.99. The Labute approximate surface area is 145 Å². The van der Waals surface area contributed by atoms with Crippen LogP contribution in [0.2, 0.25) is 0 Å². The predicted molar refractivity (Wildman–Crippen MR) is 95.1 cm³/mol. The molecule has 23 heavy (non-hydrogen) atoms. The van der Waals surface area contributed by atoms with Gasteiger partial charge >= 0.3 is 11.9 Å². The lowest BCUT2D eigenvalue weighted by atomic mass is 9.88. The van der Waals surface area contributed by atoms with Gasteiger partial charge in [0.2, 0.25) is 0 Å². The Morgan fingerprint density at radius 2 is 1.96 bits per heavy atom. The van der Waals surface area contributed by atoms with E-state index in [1.165, 1.54) is 18.7 Å². The first-order chi connectivity index (χ1) is 10.5. The minimum atomic E-state index is -0.433. The summed E-state index contributed by atoms with van der Waals surface area (Å²) < 4.78 is 11.3. The molecule has 0 aliphatic carbocycles. The van der Waals surface area contributed by atoms with Crippen LogP contribution in [0.1, 0.15) is 34.1 Å². The lowest BCUT2D eigenvalue weighted by molar-refractivity contribution is -0.894. The van der Waals surface area contributed by atoms with Crippen molar-refractivity contribution in [3.05, 3.63) is 12.7 Å². The highest BCUT2D eigenvalue weighted by Gasteiger charge is 2.32. The van der Waals surface area contributed by atoms with Crippen LogP contribution in [0.5, 0.6) is 0 Å². The van der Waals surface area contributed by atoms with Crippen molar-refractivity contribution in [3.63, 3.8) is 0 Å². The van der Waals surface area contributed by atoms with Gasteiger partial charge in [0.25, 0.3) is 0 Å². The van der Waals surface area contributed by atoms with E-state index in [2.05, 4.69) is 41.4 Å². The van der Waals surface area contributed by atoms with E-state index in [1.807, 2.05) is 0 Å². The minimum Gasteiger partial charge on any atom is -0.462 e. The van der Waals surface area contributed by atoms with Gasteiger partial charge in [0.05, 0.1) is 27.2 Å². The van der Waals surface area contributed by atoms with Gasteiger partial charge in [-0.2, -0.15) is 0 Å². The molecule has 0 bridgehead atoms. The standard InChI is InChI=1S/C17H32NO4S/c1-8-15(20)21-10-11-23-16(22-14(3)19)12-17(4,5)13-18(6,7)9-2/h8,16H,1,9-13H2,2-7H3/q+1. The lowest BCUT2D eigenvalue weighted by Crippen LogP contribution is -2.47. The van der Waals surface area contributed by atoms with Crippen LogP contribution >= 0.6 is 11.8 Å². The van der Waals surface area contributed by atoms with Crippen molar-refractivity contribution in [1.29, 1.82) is 0 Å². The second kappa shape index (κ2) is 9.98. The summed E-state index contributed by atoms with van der Waals surface area (Å²) in [5.41, 5.74) is -0.202. The first-order valence-electron chi connectivity index (χ1n) is 7.91. The van der Waals surface area contributed by atoms with Crippen LogP contribution in [0.4, 0.5) is 0 Å². The molecule has 0 fully saturated rings. The molecule has 1 unspecified atom stereocenters. The van der Waals surface area contributed by atoms with Gasteiger partial charge in [-0.05, 0) is 6.92 Å². The van der Waals surface area contributed by atoms with Crippen molar-refractivity contribution in [1.82, 2.24) is 0 Å². The van der Waals surface area contributed by atoms with Gasteiger partial charge in [-0.15, -0.1) is 11.8 Å². The van der Waals surface area contributed by atoms with Crippen LogP contribution in [0.15, 0.2) is 12.7 Å². The predicted octanol–water partition coefficient (Wildman–Crippen LogP) is 2.85. The molecule has 134 valence electrons. The van der Waals surface area contributed by atoms with Gasteiger partial charge < -0.3 is 14.0 Å². The number of carbonyl (C=O) groups excluding carboxylic acids is 2. The third-order valence-electron chi connectivity index (χ3n) is 3.53. The summed E-state index contributed by atoms with van der Waals surface area (Å²) in [6, 6.07) is 0. The Morgan fingerprint density at radius 1 is 1.35 bits per heavy atom. The summed E-state index contributed by atoms with van der Waals surface area (Å²) in [5, 5.41) is 0. The number of nitrogens with zero attached hydrogens (tertiary/aromatic N) is 1. The van der Waals surface area contributed by atoms with Crippen LogP contribution in [0.3, 0.4) is 0 Å². The Balaban J connectivity index is 4.56. The van der Waals surface area contributed by atoms with Crippen LogP contribution in [0.25, 0.3) is 0 Å². The molecule has 0 saturated heterocycles. The number of carbonyl (C=O) groups is 2. The molecule has 0 radical (unpaired) electrons. The van der Waals surface area contributed by atoms with Gasteiger partial charge in [0.1, 0.15) is 12.0 Å². The maximum atomic E-state index is 11.3. The molecule has 0 N–H and O–H groups in total. The smallest absolute Gasteiger partial charge is 0.330 e. The zero-order valence-corrected chi connectivity index (χ0v) is 16.2. The van der Waals surface area contributed by atoms with Gasteiger partial charge in [0.15, 0.2) is 0 Å². The van der Waals surface area contributed by atoms with Gasteiger partial charge in [0, 0.05) is 30.6 Å². The molecule has 0 heterocycles. The fraction of sp³-hybridized carbons (Fsp3) is 0.765. The molecule has 5 nitrogen and oxygen atoms in total. The second-order valence-electron chi connectivity index (χ2n) is 7.06. The molecule has 0 aromatic heterocycles. The Bertz CT molecular complexity index is 407. The van der Waals surface area contributed by atoms with Crippen LogP contribution < -0.4 is 0 Å². The number of rotatable bonds is 11. The van der Waals surface area contributed by atoms with Crippen molar-refractivity contribution in [2.24, 2.45) is 5.41 Å². The molecule has 0 aliphatic heterocycles. The van der Waals surface area contributed by atoms with Crippen LogP contribution in [0, 0.1) is 5.41 Å². The average Bonchev–Trinajstić information content (AvgIpc) is 2.40. The zero-order valence-electron chi connectivity index (χ0n) is 15.4. The van der Waals surface area contributed by atoms with Crippen LogP contribution in [-0.2, 0) is 19.1 Å². The van der Waals surface area contributed by atoms with Crippen molar-refractivity contribution < 1.29 is 23.5 Å². The summed E-state index contributed by atoms with van der Waals surface area (Å²) in [6.45, 7) is 13.6. The van der Waals surface area contributed by atoms with E-state index in [-0.39, 0.29) is 23.4 Å². The summed E-state index contributed by atoms with van der Waals surface area (Å²) in [4.78, 5) is 22.3. The third kappa shape index (κ3) is 11.2. The molecular formula is C17H32NO4S+. The third-order valence-corrected chi connectivity index (χ3v) is 4.56. The summed E-state index contributed by atoms with van der Waals surface area (Å²) >= 11 is 1.50. The van der Waals surface area contributed by atoms with E-state index in [1.54, 1.807) is 0 Å². The highest BCUT2D eigenvalue weighted by Crippen LogP contribution is 2.31. The molecule has 6 heteroatoms.